The van der Waals surface area contributed by atoms with E-state index in [4.69, 9.17) is 17.3 Å². The summed E-state index contributed by atoms with van der Waals surface area (Å²) in [6.45, 7) is 0. The number of nitrogens with zero attached hydrogens (tertiary/aromatic N) is 2. The zero-order valence-electron chi connectivity index (χ0n) is 10.2. The summed E-state index contributed by atoms with van der Waals surface area (Å²) in [5, 5.41) is 1.71. The van der Waals surface area contributed by atoms with Crippen molar-refractivity contribution in [1.82, 2.24) is 9.97 Å². The summed E-state index contributed by atoms with van der Waals surface area (Å²) in [6.07, 6.45) is 1.49. The van der Waals surface area contributed by atoms with Crippen molar-refractivity contribution in [2.24, 2.45) is 0 Å². The summed E-state index contributed by atoms with van der Waals surface area (Å²) >= 11 is 7.13. The van der Waals surface area contributed by atoms with Crippen LogP contribution >= 0.6 is 23.4 Å². The van der Waals surface area contributed by atoms with Gasteiger partial charge in [0.1, 0.15) is 17.2 Å². The first kappa shape index (κ1) is 13.1. The van der Waals surface area contributed by atoms with Gasteiger partial charge in [-0.3, -0.25) is 0 Å². The zero-order chi connectivity index (χ0) is 14.1. The summed E-state index contributed by atoms with van der Waals surface area (Å²) < 4.78 is 13.3. The van der Waals surface area contributed by atoms with Crippen molar-refractivity contribution in [3.05, 3.63) is 53.6 Å². The third-order valence-corrected chi connectivity index (χ3v) is 4.15. The second-order valence-corrected chi connectivity index (χ2v) is 5.54. The number of para-hydroxylation sites is 1. The van der Waals surface area contributed by atoms with Gasteiger partial charge in [-0.15, -0.1) is 0 Å². The van der Waals surface area contributed by atoms with Crippen molar-refractivity contribution in [3.63, 3.8) is 0 Å². The van der Waals surface area contributed by atoms with Crippen LogP contribution in [0.25, 0.3) is 10.9 Å². The normalized spacial score (nSPS) is 10.9. The Hall–Kier alpha value is -1.85. The summed E-state index contributed by atoms with van der Waals surface area (Å²) in [4.78, 5) is 9.12. The third-order valence-electron chi connectivity index (χ3n) is 2.77. The number of benzene rings is 2. The molecule has 0 saturated heterocycles. The Morgan fingerprint density at radius 1 is 1.15 bits per heavy atom. The maximum atomic E-state index is 13.3. The standard InChI is InChI=1S/C14H9ClFN3S/c15-9-5-13(11(17)6-10(9)16)20-14-8-3-1-2-4-12(8)18-7-19-14/h1-7H,17H2. The van der Waals surface area contributed by atoms with Gasteiger partial charge >= 0.3 is 0 Å². The Balaban J connectivity index is 2.08. The number of aromatic nitrogens is 2. The number of halogens is 2. The summed E-state index contributed by atoms with van der Waals surface area (Å²) in [5.74, 6) is -0.527. The molecular formula is C14H9ClFN3S. The van der Waals surface area contributed by atoms with Gasteiger partial charge in [0.25, 0.3) is 0 Å². The lowest BCUT2D eigenvalue weighted by atomic mass is 10.2. The third kappa shape index (κ3) is 2.42. The first-order valence-corrected chi connectivity index (χ1v) is 6.97. The molecule has 2 aromatic carbocycles. The van der Waals surface area contributed by atoms with E-state index in [-0.39, 0.29) is 5.02 Å². The fraction of sp³-hybridized carbons (Fsp3) is 0. The molecule has 3 nitrogen and oxygen atoms in total. The highest BCUT2D eigenvalue weighted by atomic mass is 35.5. The SMILES string of the molecule is Nc1cc(F)c(Cl)cc1Sc1ncnc2ccccc12. The van der Waals surface area contributed by atoms with Gasteiger partial charge in [-0.25, -0.2) is 14.4 Å². The molecule has 20 heavy (non-hydrogen) atoms. The van der Waals surface area contributed by atoms with Crippen LogP contribution in [0, 0.1) is 5.82 Å². The molecule has 0 fully saturated rings. The molecule has 0 atom stereocenters. The Morgan fingerprint density at radius 3 is 2.80 bits per heavy atom. The molecule has 0 aliphatic carbocycles. The quantitative estimate of drug-likeness (QED) is 0.570. The van der Waals surface area contributed by atoms with E-state index in [1.807, 2.05) is 24.3 Å². The Kier molecular flexibility index (Phi) is 3.46. The Bertz CT molecular complexity index is 789. The molecule has 0 aliphatic heterocycles. The van der Waals surface area contributed by atoms with Crippen LogP contribution in [0.3, 0.4) is 0 Å². The average molecular weight is 306 g/mol. The molecule has 0 radical (unpaired) electrons. The van der Waals surface area contributed by atoms with Crippen molar-refractivity contribution in [1.29, 1.82) is 0 Å². The fourth-order valence-electron chi connectivity index (χ4n) is 1.80. The van der Waals surface area contributed by atoms with E-state index in [1.54, 1.807) is 0 Å². The topological polar surface area (TPSA) is 51.8 Å². The molecule has 0 spiro atoms. The molecule has 3 aromatic rings. The summed E-state index contributed by atoms with van der Waals surface area (Å²) in [6, 6.07) is 10.4. The van der Waals surface area contributed by atoms with Crippen molar-refractivity contribution in [3.8, 4) is 0 Å². The number of hydrogen-bond acceptors (Lipinski definition) is 4. The van der Waals surface area contributed by atoms with Gasteiger partial charge < -0.3 is 5.73 Å². The summed E-state index contributed by atoms with van der Waals surface area (Å²) in [5.41, 5.74) is 7.00. The second-order valence-electron chi connectivity index (χ2n) is 4.10. The molecule has 3 rings (SSSR count). The first-order chi connectivity index (χ1) is 9.65. The molecule has 6 heteroatoms. The zero-order valence-corrected chi connectivity index (χ0v) is 11.7. The highest BCUT2D eigenvalue weighted by Gasteiger charge is 2.11. The lowest BCUT2D eigenvalue weighted by Gasteiger charge is -2.08. The highest BCUT2D eigenvalue weighted by molar-refractivity contribution is 7.99. The van der Waals surface area contributed by atoms with Crippen LogP contribution in [-0.2, 0) is 0 Å². The number of nitrogen functional groups attached to an aromatic ring is 1. The maximum Gasteiger partial charge on any atom is 0.143 e. The largest absolute Gasteiger partial charge is 0.398 e. The Morgan fingerprint density at radius 2 is 1.95 bits per heavy atom. The smallest absolute Gasteiger partial charge is 0.143 e. The number of rotatable bonds is 2. The highest BCUT2D eigenvalue weighted by Crippen LogP contribution is 2.36. The molecule has 1 aromatic heterocycles. The molecule has 0 aliphatic rings. The van der Waals surface area contributed by atoms with Crippen LogP contribution < -0.4 is 5.73 Å². The molecule has 0 amide bonds. The van der Waals surface area contributed by atoms with E-state index in [9.17, 15) is 4.39 Å². The van der Waals surface area contributed by atoms with Crippen LogP contribution in [0.4, 0.5) is 10.1 Å². The second kappa shape index (κ2) is 5.26. The van der Waals surface area contributed by atoms with Crippen molar-refractivity contribution in [2.45, 2.75) is 9.92 Å². The van der Waals surface area contributed by atoms with Crippen molar-refractivity contribution in [2.75, 3.05) is 5.73 Å². The van der Waals surface area contributed by atoms with Crippen LogP contribution in [0.5, 0.6) is 0 Å². The summed E-state index contributed by atoms with van der Waals surface area (Å²) in [7, 11) is 0. The first-order valence-electron chi connectivity index (χ1n) is 5.77. The van der Waals surface area contributed by atoms with Crippen LogP contribution in [0.1, 0.15) is 0 Å². The van der Waals surface area contributed by atoms with E-state index in [0.717, 1.165) is 15.9 Å². The number of hydrogen-bond donors (Lipinski definition) is 1. The van der Waals surface area contributed by atoms with Crippen molar-refractivity contribution < 1.29 is 4.39 Å². The van der Waals surface area contributed by atoms with E-state index >= 15 is 0 Å². The lowest BCUT2D eigenvalue weighted by molar-refractivity contribution is 0.628. The number of anilines is 1. The molecule has 2 N–H and O–H groups in total. The van der Waals surface area contributed by atoms with Gasteiger partial charge in [-0.1, -0.05) is 41.6 Å². The maximum absolute atomic E-state index is 13.3. The Labute approximate surface area is 124 Å². The van der Waals surface area contributed by atoms with E-state index in [2.05, 4.69) is 9.97 Å². The van der Waals surface area contributed by atoms with Crippen LogP contribution in [0.15, 0.2) is 52.6 Å². The van der Waals surface area contributed by atoms with Gasteiger partial charge in [-0.05, 0) is 18.2 Å². The lowest BCUT2D eigenvalue weighted by Crippen LogP contribution is -1.92. The fourth-order valence-corrected chi connectivity index (χ4v) is 2.97. The molecule has 1 heterocycles. The van der Waals surface area contributed by atoms with Gasteiger partial charge in [0.15, 0.2) is 0 Å². The molecule has 0 saturated carbocycles. The molecule has 100 valence electrons. The van der Waals surface area contributed by atoms with Gasteiger partial charge in [0.2, 0.25) is 0 Å². The molecular weight excluding hydrogens is 297 g/mol. The molecule has 0 bridgehead atoms. The van der Waals surface area contributed by atoms with Gasteiger partial charge in [-0.2, -0.15) is 0 Å². The predicted octanol–water partition coefficient (Wildman–Crippen LogP) is 4.16. The number of fused-ring (bicyclic) bond motifs is 1. The van der Waals surface area contributed by atoms with E-state index in [0.29, 0.717) is 10.6 Å². The average Bonchev–Trinajstić information content (AvgIpc) is 2.45. The minimum Gasteiger partial charge on any atom is -0.398 e. The van der Waals surface area contributed by atoms with Crippen molar-refractivity contribution >= 4 is 40.0 Å². The van der Waals surface area contributed by atoms with E-state index in [1.165, 1.54) is 30.2 Å². The van der Waals surface area contributed by atoms with Gasteiger partial charge in [0.05, 0.1) is 10.5 Å². The minimum atomic E-state index is -0.527. The minimum absolute atomic E-state index is 0.0417. The number of nitrogens with two attached hydrogens (primary N) is 1. The van der Waals surface area contributed by atoms with Gasteiger partial charge in [0, 0.05) is 16.0 Å². The van der Waals surface area contributed by atoms with Crippen LogP contribution in [-0.4, -0.2) is 9.97 Å². The predicted molar refractivity (Wildman–Crippen MR) is 79.5 cm³/mol. The van der Waals surface area contributed by atoms with E-state index < -0.39 is 5.82 Å². The van der Waals surface area contributed by atoms with Crippen LogP contribution in [0.2, 0.25) is 5.02 Å². The molecule has 0 unspecified atom stereocenters. The monoisotopic (exact) mass is 305 g/mol.